The van der Waals surface area contributed by atoms with Gasteiger partial charge >= 0.3 is 11.4 Å². The van der Waals surface area contributed by atoms with E-state index in [9.17, 15) is 14.0 Å². The summed E-state index contributed by atoms with van der Waals surface area (Å²) in [6.07, 6.45) is 12.5. The zero-order valence-electron chi connectivity index (χ0n) is 35.2. The minimum Gasteiger partial charge on any atom is -0.376 e. The van der Waals surface area contributed by atoms with Crippen LogP contribution in [0.15, 0.2) is 69.1 Å². The molecule has 0 spiro atoms. The SMILES string of the molecule is C[C@@H]1c2c(-n3ccn(-c4ccc5c(cnn5C)c4F)c3=O)c(-c3cc(Cl)c(F)c(Cl)c3)nn2CCN1C(=O)c1cc2c(n1C1(c3noc(=O)[nH]3)CC1)C=CC([C@@H]1CCOC(C)(C)C1)C2. The summed E-state index contributed by atoms with van der Waals surface area (Å²) in [5.41, 5.74) is 2.58. The highest BCUT2D eigenvalue weighted by molar-refractivity contribution is 6.35. The van der Waals surface area contributed by atoms with Crippen molar-refractivity contribution in [1.29, 1.82) is 0 Å². The quantitative estimate of drug-likeness (QED) is 0.161. The number of hydrogen-bond acceptors (Lipinski definition) is 8. The van der Waals surface area contributed by atoms with Crippen molar-refractivity contribution < 1.29 is 22.8 Å². The number of aromatic nitrogens is 9. The molecule has 1 saturated heterocycles. The van der Waals surface area contributed by atoms with Gasteiger partial charge in [-0.2, -0.15) is 10.2 Å². The number of halogens is 4. The van der Waals surface area contributed by atoms with E-state index in [-0.39, 0.29) is 63.0 Å². The summed E-state index contributed by atoms with van der Waals surface area (Å²) >= 11 is 12.7. The van der Waals surface area contributed by atoms with Gasteiger partial charge in [0.2, 0.25) is 0 Å². The molecule has 330 valence electrons. The molecule has 1 N–H and O–H groups in total. The predicted molar refractivity (Wildman–Crippen MR) is 233 cm³/mol. The summed E-state index contributed by atoms with van der Waals surface area (Å²) in [5.74, 6) is -1.41. The Morgan fingerprint density at radius 3 is 2.50 bits per heavy atom. The van der Waals surface area contributed by atoms with Crippen LogP contribution in [0.2, 0.25) is 10.0 Å². The van der Waals surface area contributed by atoms with Crippen LogP contribution in [0.1, 0.15) is 85.8 Å². The third-order valence-corrected chi connectivity index (χ3v) is 14.2. The van der Waals surface area contributed by atoms with Gasteiger partial charge in [-0.15, -0.1) is 0 Å². The summed E-state index contributed by atoms with van der Waals surface area (Å²) in [5, 5.41) is 13.0. The molecule has 0 bridgehead atoms. The molecule has 2 aliphatic carbocycles. The van der Waals surface area contributed by atoms with E-state index in [0.29, 0.717) is 53.7 Å². The van der Waals surface area contributed by atoms with E-state index in [1.165, 1.54) is 45.9 Å². The Hall–Kier alpha value is -6.04. The van der Waals surface area contributed by atoms with Crippen LogP contribution in [0.3, 0.4) is 0 Å². The summed E-state index contributed by atoms with van der Waals surface area (Å²) < 4.78 is 49.8. The second-order valence-electron chi connectivity index (χ2n) is 18.0. The molecular weight excluding hydrogens is 869 g/mol. The third kappa shape index (κ3) is 6.21. The first kappa shape index (κ1) is 40.7. The van der Waals surface area contributed by atoms with Crippen molar-refractivity contribution in [1.82, 2.24) is 48.3 Å². The van der Waals surface area contributed by atoms with Gasteiger partial charge in [0.1, 0.15) is 22.6 Å². The van der Waals surface area contributed by atoms with Gasteiger partial charge in [-0.3, -0.25) is 32.8 Å². The number of rotatable bonds is 7. The smallest absolute Gasteiger partial charge is 0.376 e. The van der Waals surface area contributed by atoms with Gasteiger partial charge in [-0.05, 0) is 107 Å². The van der Waals surface area contributed by atoms with E-state index in [4.69, 9.17) is 37.6 Å². The molecular formula is C45H42Cl2F2N10O5. The molecule has 19 heteroatoms. The molecule has 5 aromatic heterocycles. The Balaban J connectivity index is 1.03. The number of ether oxygens (including phenoxy) is 1. The number of amides is 1. The Labute approximate surface area is 373 Å². The van der Waals surface area contributed by atoms with Crippen molar-refractivity contribution in [2.75, 3.05) is 13.2 Å². The van der Waals surface area contributed by atoms with Gasteiger partial charge in [-0.1, -0.05) is 34.4 Å². The van der Waals surface area contributed by atoms with Crippen molar-refractivity contribution in [3.8, 4) is 22.6 Å². The van der Waals surface area contributed by atoms with Gasteiger partial charge in [0.05, 0.1) is 56.7 Å². The number of allylic oxidation sites excluding steroid dienone is 1. The Morgan fingerprint density at radius 2 is 1.78 bits per heavy atom. The van der Waals surface area contributed by atoms with E-state index in [1.807, 2.05) is 17.6 Å². The largest absolute Gasteiger partial charge is 0.438 e. The summed E-state index contributed by atoms with van der Waals surface area (Å²) in [6, 6.07) is 7.25. The van der Waals surface area contributed by atoms with Crippen molar-refractivity contribution in [2.45, 2.75) is 76.6 Å². The number of nitrogens with zero attached hydrogens (tertiary/aromatic N) is 9. The van der Waals surface area contributed by atoms with E-state index < -0.39 is 34.7 Å². The maximum absolute atomic E-state index is 16.1. The van der Waals surface area contributed by atoms with Crippen LogP contribution in [0.4, 0.5) is 8.78 Å². The molecule has 3 atom stereocenters. The molecule has 11 rings (SSSR count). The van der Waals surface area contributed by atoms with Gasteiger partial charge < -0.3 is 14.2 Å². The number of fused-ring (bicyclic) bond motifs is 3. The van der Waals surface area contributed by atoms with E-state index in [2.05, 4.69) is 41.2 Å². The number of aromatic amines is 1. The first-order chi connectivity index (χ1) is 30.6. The predicted octanol–water partition coefficient (Wildman–Crippen LogP) is 7.59. The fraction of sp³-hybridized carbons (Fsp3) is 0.378. The number of H-pyrrole nitrogens is 1. The molecule has 1 saturated carbocycles. The molecule has 4 aliphatic rings. The topological polar surface area (TPSA) is 156 Å². The molecule has 0 radical (unpaired) electrons. The van der Waals surface area contributed by atoms with E-state index in [0.717, 1.165) is 30.5 Å². The zero-order chi connectivity index (χ0) is 44.6. The second-order valence-corrected chi connectivity index (χ2v) is 18.8. The first-order valence-corrected chi connectivity index (χ1v) is 22.0. The molecule has 15 nitrogen and oxygen atoms in total. The number of benzene rings is 2. The van der Waals surface area contributed by atoms with Gasteiger partial charge in [0.15, 0.2) is 17.5 Å². The lowest BCUT2D eigenvalue weighted by Gasteiger charge is -2.39. The van der Waals surface area contributed by atoms with Crippen LogP contribution >= 0.6 is 23.2 Å². The lowest BCUT2D eigenvalue weighted by Crippen LogP contribution is -2.43. The maximum Gasteiger partial charge on any atom is 0.438 e. The third-order valence-electron chi connectivity index (χ3n) is 13.7. The monoisotopic (exact) mass is 910 g/mol. The molecule has 2 aromatic carbocycles. The van der Waals surface area contributed by atoms with Gasteiger partial charge in [0, 0.05) is 43.9 Å². The first-order valence-electron chi connectivity index (χ1n) is 21.3. The van der Waals surface area contributed by atoms with Crippen molar-refractivity contribution >= 4 is 46.1 Å². The fourth-order valence-electron chi connectivity index (χ4n) is 10.4. The summed E-state index contributed by atoms with van der Waals surface area (Å²) in [4.78, 5) is 46.8. The summed E-state index contributed by atoms with van der Waals surface area (Å²) in [6.45, 7) is 7.26. The van der Waals surface area contributed by atoms with Crippen LogP contribution in [0.5, 0.6) is 0 Å². The highest BCUT2D eigenvalue weighted by Crippen LogP contribution is 2.52. The number of carbonyl (C=O) groups is 1. The highest BCUT2D eigenvalue weighted by atomic mass is 35.5. The lowest BCUT2D eigenvalue weighted by molar-refractivity contribution is -0.0791. The maximum atomic E-state index is 16.1. The molecule has 7 heterocycles. The molecule has 2 fully saturated rings. The Kier molecular flexibility index (Phi) is 9.22. The fourth-order valence-corrected chi connectivity index (χ4v) is 10.9. The molecule has 7 aromatic rings. The lowest BCUT2D eigenvalue weighted by atomic mass is 9.75. The number of carbonyl (C=O) groups excluding carboxylic acids is 1. The zero-order valence-corrected chi connectivity index (χ0v) is 36.8. The standard InChI is InChI=1S/C45H42Cl2F2N10O5/c1-23-38-39(57-13-12-56(43(57)62)33-8-7-32-28(35(33)48)22-50-54(32)4)37(27-18-29(46)36(49)30(47)19-27)52-58(38)15-14-55(23)40(60)34-20-26-17-24(25-9-16-63-44(2,3)21-25)5-6-31(26)59(34)45(10-11-45)41-51-42(61)64-53-41/h5-8,12-13,18-20,22-25H,9-11,14-17,21H2,1-4H3,(H,51,53,61)/t23-,24?,25-/m1/s1. The summed E-state index contributed by atoms with van der Waals surface area (Å²) in [7, 11) is 1.70. The van der Waals surface area contributed by atoms with Crippen LogP contribution in [0.25, 0.3) is 39.6 Å². The Bertz CT molecular complexity index is 3210. The van der Waals surface area contributed by atoms with Crippen molar-refractivity contribution in [2.24, 2.45) is 18.9 Å². The van der Waals surface area contributed by atoms with E-state index in [1.54, 1.807) is 27.4 Å². The van der Waals surface area contributed by atoms with Gasteiger partial charge in [0.25, 0.3) is 5.91 Å². The normalized spacial score (nSPS) is 21.1. The number of nitrogens with one attached hydrogen (secondary N) is 1. The molecule has 64 heavy (non-hydrogen) atoms. The van der Waals surface area contributed by atoms with E-state index >= 15 is 9.18 Å². The molecule has 1 unspecified atom stereocenters. The minimum absolute atomic E-state index is 0.00794. The number of aryl methyl sites for hydroxylation is 1. The van der Waals surface area contributed by atoms with Crippen LogP contribution in [-0.2, 0) is 30.3 Å². The average Bonchev–Trinajstić information content (AvgIpc) is 3.72. The number of hydrogen-bond donors (Lipinski definition) is 1. The highest BCUT2D eigenvalue weighted by Gasteiger charge is 2.53. The molecule has 2 aliphatic heterocycles. The van der Waals surface area contributed by atoms with Crippen LogP contribution in [0, 0.1) is 23.5 Å². The Morgan fingerprint density at radius 1 is 1.02 bits per heavy atom. The molecule has 1 amide bonds. The van der Waals surface area contributed by atoms with Crippen molar-refractivity contribution in [3.63, 3.8) is 0 Å². The van der Waals surface area contributed by atoms with Crippen LogP contribution in [-0.4, -0.2) is 73.0 Å². The van der Waals surface area contributed by atoms with Gasteiger partial charge in [-0.25, -0.2) is 18.4 Å². The minimum atomic E-state index is -0.812. The van der Waals surface area contributed by atoms with Crippen LogP contribution < -0.4 is 11.4 Å². The average molecular weight is 912 g/mol. The number of imidazole rings is 1. The second kappa shape index (κ2) is 14.5. The van der Waals surface area contributed by atoms with Crippen molar-refractivity contribution in [3.05, 3.63) is 126 Å².